The maximum atomic E-state index is 11.9. The standard InChI is InChI=1S/C25H40ClNO7Si/c1-4-32-35(33-5-2,34-6-3)18-12-16-27-25(30)31-17-10-8-7-9-14-22(24(28)29)19-21-13-11-15-23(26)20-21/h11,13,15,19-20H,4-10,12,14,16-18H2,1-3H3,(H,27,30)(H,28,29)/b22-19+. The molecule has 0 saturated heterocycles. The molecular weight excluding hydrogens is 490 g/mol. The molecule has 0 spiro atoms. The van der Waals surface area contributed by atoms with Gasteiger partial charge in [-0.1, -0.05) is 36.6 Å². The SMILES string of the molecule is CCO[Si](CCCNC(=O)OCCCCCC/C(=C\c1cccc(Cl)c1)C(=O)O)(OCC)OCC. The van der Waals surface area contributed by atoms with E-state index in [-0.39, 0.29) is 0 Å². The second-order valence-electron chi connectivity index (χ2n) is 7.84. The van der Waals surface area contributed by atoms with Crippen molar-refractivity contribution in [1.29, 1.82) is 0 Å². The molecule has 0 radical (unpaired) electrons. The van der Waals surface area contributed by atoms with Crippen molar-refractivity contribution in [3.05, 3.63) is 40.4 Å². The fraction of sp³-hybridized carbons (Fsp3) is 0.600. The fourth-order valence-electron chi connectivity index (χ4n) is 3.52. The highest BCUT2D eigenvalue weighted by atomic mass is 35.5. The third-order valence-corrected chi connectivity index (χ3v) is 8.45. The van der Waals surface area contributed by atoms with Crippen LogP contribution in [0, 0.1) is 0 Å². The monoisotopic (exact) mass is 529 g/mol. The number of nitrogens with one attached hydrogen (secondary N) is 1. The Morgan fingerprint density at radius 2 is 1.66 bits per heavy atom. The molecule has 198 valence electrons. The second-order valence-corrected chi connectivity index (χ2v) is 11.0. The predicted molar refractivity (Wildman–Crippen MR) is 140 cm³/mol. The van der Waals surface area contributed by atoms with Gasteiger partial charge in [-0.05, 0) is 70.2 Å². The Kier molecular flexibility index (Phi) is 16.3. The van der Waals surface area contributed by atoms with Crippen molar-refractivity contribution >= 4 is 38.5 Å². The summed E-state index contributed by atoms with van der Waals surface area (Å²) in [6, 6.07) is 7.74. The lowest BCUT2D eigenvalue weighted by Gasteiger charge is -2.28. The van der Waals surface area contributed by atoms with Gasteiger partial charge in [-0.3, -0.25) is 0 Å². The van der Waals surface area contributed by atoms with Crippen LogP contribution in [-0.2, 0) is 22.8 Å². The number of carboxylic acid groups (broad SMARTS) is 1. The third kappa shape index (κ3) is 13.7. The van der Waals surface area contributed by atoms with E-state index in [0.717, 1.165) is 31.2 Å². The summed E-state index contributed by atoms with van der Waals surface area (Å²) in [7, 11) is -2.69. The molecule has 0 bridgehead atoms. The molecule has 8 nitrogen and oxygen atoms in total. The number of amides is 1. The van der Waals surface area contributed by atoms with Crippen LogP contribution in [0.4, 0.5) is 4.79 Å². The Labute approximate surface area is 215 Å². The Bertz CT molecular complexity index is 774. The van der Waals surface area contributed by atoms with E-state index >= 15 is 0 Å². The zero-order valence-corrected chi connectivity index (χ0v) is 22.9. The lowest BCUT2D eigenvalue weighted by Crippen LogP contribution is -2.46. The first kappa shape index (κ1) is 31.1. The van der Waals surface area contributed by atoms with E-state index in [1.165, 1.54) is 0 Å². The van der Waals surface area contributed by atoms with Crippen molar-refractivity contribution in [2.45, 2.75) is 65.3 Å². The van der Waals surface area contributed by atoms with E-state index in [1.807, 2.05) is 26.8 Å². The minimum absolute atomic E-state index is 0.325. The van der Waals surface area contributed by atoms with Gasteiger partial charge in [0, 0.05) is 43.0 Å². The van der Waals surface area contributed by atoms with Crippen LogP contribution in [0.15, 0.2) is 29.8 Å². The topological polar surface area (TPSA) is 103 Å². The van der Waals surface area contributed by atoms with Crippen molar-refractivity contribution in [3.63, 3.8) is 0 Å². The van der Waals surface area contributed by atoms with Crippen LogP contribution < -0.4 is 5.32 Å². The zero-order chi connectivity index (χ0) is 25.9. The molecule has 1 aromatic carbocycles. The number of hydrogen-bond acceptors (Lipinski definition) is 6. The summed E-state index contributed by atoms with van der Waals surface area (Å²) < 4.78 is 22.6. The van der Waals surface area contributed by atoms with Crippen LogP contribution in [0.1, 0.15) is 64.9 Å². The molecule has 1 rings (SSSR count). The normalized spacial score (nSPS) is 11.9. The summed E-state index contributed by atoms with van der Waals surface area (Å²) >= 11 is 5.96. The van der Waals surface area contributed by atoms with E-state index in [9.17, 15) is 14.7 Å². The Morgan fingerprint density at radius 3 is 2.26 bits per heavy atom. The summed E-state index contributed by atoms with van der Waals surface area (Å²) in [5, 5.41) is 12.8. The smallest absolute Gasteiger partial charge is 0.478 e. The van der Waals surface area contributed by atoms with Gasteiger partial charge in [-0.15, -0.1) is 0 Å². The van der Waals surface area contributed by atoms with E-state index in [0.29, 0.717) is 62.5 Å². The van der Waals surface area contributed by atoms with Gasteiger partial charge in [0.05, 0.1) is 6.61 Å². The average molecular weight is 530 g/mol. The Balaban J connectivity index is 2.21. The molecule has 0 saturated carbocycles. The molecule has 0 atom stereocenters. The zero-order valence-electron chi connectivity index (χ0n) is 21.1. The molecule has 0 heterocycles. The number of aliphatic carboxylic acids is 1. The molecule has 0 fully saturated rings. The Morgan fingerprint density at radius 1 is 1.00 bits per heavy atom. The van der Waals surface area contributed by atoms with Crippen LogP contribution in [-0.4, -0.2) is 58.9 Å². The summed E-state index contributed by atoms with van der Waals surface area (Å²) in [6.07, 6.45) is 5.53. The number of unbranched alkanes of at least 4 members (excludes halogenated alkanes) is 3. The number of carboxylic acids is 1. The lowest BCUT2D eigenvalue weighted by atomic mass is 10.0. The molecule has 0 aliphatic heterocycles. The highest BCUT2D eigenvalue weighted by Crippen LogP contribution is 2.19. The number of rotatable bonds is 19. The van der Waals surface area contributed by atoms with Crippen LogP contribution in [0.3, 0.4) is 0 Å². The summed E-state index contributed by atoms with van der Waals surface area (Å²) in [6.45, 7) is 8.10. The van der Waals surface area contributed by atoms with Crippen molar-refractivity contribution in [2.75, 3.05) is 33.0 Å². The van der Waals surface area contributed by atoms with Gasteiger partial charge in [0.15, 0.2) is 0 Å². The molecule has 0 unspecified atom stereocenters. The van der Waals surface area contributed by atoms with Gasteiger partial charge in [0.25, 0.3) is 0 Å². The summed E-state index contributed by atoms with van der Waals surface area (Å²) in [5.41, 5.74) is 1.13. The van der Waals surface area contributed by atoms with Crippen molar-refractivity contribution in [2.24, 2.45) is 0 Å². The average Bonchev–Trinajstić information content (AvgIpc) is 2.81. The molecule has 1 aromatic rings. The third-order valence-electron chi connectivity index (χ3n) is 5.06. The number of hydrogen-bond donors (Lipinski definition) is 2. The van der Waals surface area contributed by atoms with Crippen molar-refractivity contribution < 1.29 is 32.7 Å². The first-order chi connectivity index (χ1) is 16.9. The minimum Gasteiger partial charge on any atom is -0.478 e. The number of carbonyl (C=O) groups is 2. The van der Waals surface area contributed by atoms with Crippen LogP contribution >= 0.6 is 11.6 Å². The van der Waals surface area contributed by atoms with Crippen molar-refractivity contribution in [3.8, 4) is 0 Å². The van der Waals surface area contributed by atoms with E-state index in [4.69, 9.17) is 29.6 Å². The number of ether oxygens (including phenoxy) is 1. The summed E-state index contributed by atoms with van der Waals surface area (Å²) in [5.74, 6) is -0.923. The lowest BCUT2D eigenvalue weighted by molar-refractivity contribution is -0.132. The first-order valence-electron chi connectivity index (χ1n) is 12.4. The predicted octanol–water partition coefficient (Wildman–Crippen LogP) is 5.92. The molecule has 1 amide bonds. The van der Waals surface area contributed by atoms with Gasteiger partial charge < -0.3 is 28.4 Å². The van der Waals surface area contributed by atoms with E-state index < -0.39 is 20.9 Å². The van der Waals surface area contributed by atoms with Crippen molar-refractivity contribution in [1.82, 2.24) is 5.32 Å². The van der Waals surface area contributed by atoms with Gasteiger partial charge in [-0.25, -0.2) is 9.59 Å². The molecule has 35 heavy (non-hydrogen) atoms. The van der Waals surface area contributed by atoms with Crippen LogP contribution in [0.2, 0.25) is 11.1 Å². The highest BCUT2D eigenvalue weighted by Gasteiger charge is 2.39. The van der Waals surface area contributed by atoms with Crippen LogP contribution in [0.5, 0.6) is 0 Å². The number of benzene rings is 1. The molecule has 0 aliphatic carbocycles. The van der Waals surface area contributed by atoms with E-state index in [2.05, 4.69) is 5.32 Å². The molecular formula is C25H40ClNO7Si. The second kappa shape index (κ2) is 18.4. The van der Waals surface area contributed by atoms with Gasteiger partial charge in [-0.2, -0.15) is 0 Å². The number of carbonyl (C=O) groups excluding carboxylic acids is 1. The van der Waals surface area contributed by atoms with Crippen LogP contribution in [0.25, 0.3) is 6.08 Å². The maximum Gasteiger partial charge on any atom is 0.500 e. The number of halogens is 1. The quantitative estimate of drug-likeness (QED) is 0.130. The molecule has 2 N–H and O–H groups in total. The fourth-order valence-corrected chi connectivity index (χ4v) is 6.33. The van der Waals surface area contributed by atoms with Gasteiger partial charge >= 0.3 is 20.9 Å². The minimum atomic E-state index is -2.69. The van der Waals surface area contributed by atoms with E-state index in [1.54, 1.807) is 24.3 Å². The molecule has 0 aliphatic rings. The summed E-state index contributed by atoms with van der Waals surface area (Å²) in [4.78, 5) is 23.4. The highest BCUT2D eigenvalue weighted by molar-refractivity contribution is 6.60. The van der Waals surface area contributed by atoms with Gasteiger partial charge in [0.1, 0.15) is 0 Å². The maximum absolute atomic E-state index is 11.9. The molecule has 10 heteroatoms. The first-order valence-corrected chi connectivity index (χ1v) is 14.7. The largest absolute Gasteiger partial charge is 0.500 e. The van der Waals surface area contributed by atoms with Gasteiger partial charge in [0.2, 0.25) is 0 Å². The molecule has 0 aromatic heterocycles. The Hall–Kier alpha value is -1.91. The number of alkyl carbamates (subject to hydrolysis) is 1.